The van der Waals surface area contributed by atoms with E-state index in [1.807, 2.05) is 0 Å². The van der Waals surface area contributed by atoms with E-state index in [1.165, 1.54) is 48.0 Å². The first-order valence-corrected chi connectivity index (χ1v) is 10.1. The summed E-state index contributed by atoms with van der Waals surface area (Å²) in [5.41, 5.74) is 0.564. The smallest absolute Gasteiger partial charge is 0.410 e. The molecule has 0 saturated carbocycles. The Morgan fingerprint density at radius 1 is 1.50 bits per heavy atom. The highest BCUT2D eigenvalue weighted by Gasteiger charge is 2.43. The summed E-state index contributed by atoms with van der Waals surface area (Å²) in [6, 6.07) is 5.27. The van der Waals surface area contributed by atoms with Gasteiger partial charge in [0.15, 0.2) is 6.19 Å². The summed E-state index contributed by atoms with van der Waals surface area (Å²) < 4.78 is 5.34. The number of nitriles is 1. The van der Waals surface area contributed by atoms with Gasteiger partial charge in [0.25, 0.3) is 11.6 Å². The molecule has 2 amide bonds. The Morgan fingerprint density at radius 3 is 2.68 bits per heavy atom. The normalized spacial score (nSPS) is 19.6. The van der Waals surface area contributed by atoms with Crippen LogP contribution in [0.2, 0.25) is 0 Å². The first-order valence-electron chi connectivity index (χ1n) is 8.33. The van der Waals surface area contributed by atoms with Crippen molar-refractivity contribution in [3.63, 3.8) is 0 Å². The molecule has 1 fully saturated rings. The number of thioether (sulfide) groups is 1. The molecule has 0 radical (unpaired) electrons. The molecule has 1 aromatic carbocycles. The third-order valence-electron chi connectivity index (χ3n) is 4.39. The predicted molar refractivity (Wildman–Crippen MR) is 107 cm³/mol. The fourth-order valence-electron chi connectivity index (χ4n) is 2.94. The lowest BCUT2D eigenvalue weighted by Gasteiger charge is -2.29. The zero-order valence-electron chi connectivity index (χ0n) is 15.3. The van der Waals surface area contributed by atoms with Crippen LogP contribution in [-0.4, -0.2) is 63.1 Å². The Bertz CT molecular complexity index is 783. The Balaban J connectivity index is 2.06. The van der Waals surface area contributed by atoms with Gasteiger partial charge in [-0.25, -0.2) is 4.79 Å². The van der Waals surface area contributed by atoms with Gasteiger partial charge >= 0.3 is 6.09 Å². The van der Waals surface area contributed by atoms with Crippen molar-refractivity contribution in [2.75, 3.05) is 19.8 Å². The van der Waals surface area contributed by atoms with Crippen molar-refractivity contribution in [2.24, 2.45) is 0 Å². The first kappa shape index (κ1) is 21.8. The lowest BCUT2D eigenvalue weighted by atomic mass is 10.1. The second kappa shape index (κ2) is 9.66. The molecule has 1 heterocycles. The molecule has 1 saturated heterocycles. The van der Waals surface area contributed by atoms with Crippen molar-refractivity contribution in [1.29, 1.82) is 5.26 Å². The molecule has 0 N–H and O–H groups in total. The first-order chi connectivity index (χ1) is 13.3. The number of hydrogen-bond acceptors (Lipinski definition) is 8. The summed E-state index contributed by atoms with van der Waals surface area (Å²) in [5.74, 6) is -0.379. The van der Waals surface area contributed by atoms with E-state index in [9.17, 15) is 19.7 Å². The number of rotatable bonds is 6. The minimum absolute atomic E-state index is 0.0458. The minimum atomic E-state index is -0.603. The molecule has 1 aliphatic heterocycles. The summed E-state index contributed by atoms with van der Waals surface area (Å²) in [6.45, 7) is 0.279. The molecule has 1 aliphatic rings. The van der Waals surface area contributed by atoms with Crippen molar-refractivity contribution >= 4 is 42.1 Å². The summed E-state index contributed by atoms with van der Waals surface area (Å²) in [7, 11) is 1.38. The number of amides is 2. The fraction of sp³-hybridized carbons (Fsp3) is 0.471. The molecule has 1 aromatic rings. The maximum absolute atomic E-state index is 12.6. The second-order valence-electron chi connectivity index (χ2n) is 6.24. The van der Waals surface area contributed by atoms with E-state index in [4.69, 9.17) is 10.00 Å². The Morgan fingerprint density at radius 2 is 2.14 bits per heavy atom. The highest BCUT2D eigenvalue weighted by atomic mass is 32.2. The number of nitrogens with zero attached hydrogens (tertiary/aromatic N) is 4. The highest BCUT2D eigenvalue weighted by Crippen LogP contribution is 2.31. The zero-order valence-corrected chi connectivity index (χ0v) is 17.1. The van der Waals surface area contributed by atoms with Crippen molar-refractivity contribution in [1.82, 2.24) is 9.80 Å². The molecule has 0 bridgehead atoms. The molecule has 1 unspecified atom stereocenters. The molecule has 0 spiro atoms. The van der Waals surface area contributed by atoms with E-state index in [0.717, 1.165) is 4.90 Å². The number of carbonyl (C=O) groups is 2. The quantitative estimate of drug-likeness (QED) is 0.245. The van der Waals surface area contributed by atoms with E-state index >= 15 is 0 Å². The van der Waals surface area contributed by atoms with Gasteiger partial charge in [-0.05, 0) is 30.4 Å². The van der Waals surface area contributed by atoms with Crippen LogP contribution in [0, 0.1) is 21.6 Å². The summed E-state index contributed by atoms with van der Waals surface area (Å²) >= 11 is 5.71. The van der Waals surface area contributed by atoms with Crippen LogP contribution in [-0.2, 0) is 16.1 Å². The zero-order chi connectivity index (χ0) is 20.8. The number of nitro groups is 1. The molecule has 0 aromatic heterocycles. The number of benzene rings is 1. The van der Waals surface area contributed by atoms with Gasteiger partial charge in [-0.1, -0.05) is 0 Å². The standard InChI is InChI=1S/C17H20N4O5S2/c1-19(10-18)16(22)15(28-2)14-7-13(27)8-20(14)17(23)26-9-11-3-5-12(6-4-11)21(24)25/h3-6,13-15,27H,7-9H2,1-2H3/t13-,14-,15?/m0/s1. The van der Waals surface area contributed by atoms with E-state index in [-0.39, 0.29) is 23.5 Å². The number of thiol groups is 1. The monoisotopic (exact) mass is 424 g/mol. The van der Waals surface area contributed by atoms with Crippen LogP contribution < -0.4 is 0 Å². The van der Waals surface area contributed by atoms with Gasteiger partial charge in [0, 0.05) is 31.0 Å². The average molecular weight is 425 g/mol. The Labute approximate surface area is 172 Å². The van der Waals surface area contributed by atoms with Gasteiger partial charge in [-0.15, -0.1) is 11.8 Å². The predicted octanol–water partition coefficient (Wildman–Crippen LogP) is 2.28. The maximum Gasteiger partial charge on any atom is 0.410 e. The number of nitro benzene ring substituents is 1. The van der Waals surface area contributed by atoms with Gasteiger partial charge in [0.2, 0.25) is 0 Å². The number of ether oxygens (including phenoxy) is 1. The van der Waals surface area contributed by atoms with Crippen LogP contribution in [0.4, 0.5) is 10.5 Å². The second-order valence-corrected chi connectivity index (χ2v) is 7.95. The van der Waals surface area contributed by atoms with Crippen LogP contribution in [0.25, 0.3) is 0 Å². The van der Waals surface area contributed by atoms with E-state index < -0.39 is 22.3 Å². The summed E-state index contributed by atoms with van der Waals surface area (Å²) in [5, 5.41) is 18.9. The molecule has 28 heavy (non-hydrogen) atoms. The highest BCUT2D eigenvalue weighted by molar-refractivity contribution is 8.00. The van der Waals surface area contributed by atoms with Crippen LogP contribution in [0.15, 0.2) is 24.3 Å². The van der Waals surface area contributed by atoms with Gasteiger partial charge < -0.3 is 9.64 Å². The van der Waals surface area contributed by atoms with Crippen LogP contribution in [0.1, 0.15) is 12.0 Å². The van der Waals surface area contributed by atoms with Crippen LogP contribution >= 0.6 is 24.4 Å². The fourth-order valence-corrected chi connectivity index (χ4v) is 4.27. The van der Waals surface area contributed by atoms with Crippen molar-refractivity contribution < 1.29 is 19.2 Å². The van der Waals surface area contributed by atoms with Gasteiger partial charge in [0.05, 0.1) is 11.0 Å². The van der Waals surface area contributed by atoms with E-state index in [0.29, 0.717) is 18.5 Å². The Kier molecular flexibility index (Phi) is 7.53. The molecular weight excluding hydrogens is 404 g/mol. The van der Waals surface area contributed by atoms with Crippen LogP contribution in [0.3, 0.4) is 0 Å². The number of likely N-dealkylation sites (tertiary alicyclic amines) is 1. The molecule has 0 aliphatic carbocycles. The van der Waals surface area contributed by atoms with Crippen molar-refractivity contribution in [2.45, 2.75) is 29.6 Å². The minimum Gasteiger partial charge on any atom is -0.445 e. The van der Waals surface area contributed by atoms with Gasteiger partial charge in [-0.2, -0.15) is 17.9 Å². The SMILES string of the molecule is CSC(C(=O)N(C)C#N)[C@@H]1C[C@H](S)CN1C(=O)OCc1ccc([N+](=O)[O-])cc1. The lowest BCUT2D eigenvalue weighted by Crippen LogP contribution is -2.47. The average Bonchev–Trinajstić information content (AvgIpc) is 3.07. The Hall–Kier alpha value is -2.45. The van der Waals surface area contributed by atoms with Gasteiger partial charge in [-0.3, -0.25) is 19.8 Å². The molecule has 150 valence electrons. The van der Waals surface area contributed by atoms with E-state index in [1.54, 1.807) is 12.4 Å². The number of non-ortho nitro benzene ring substituents is 1. The van der Waals surface area contributed by atoms with E-state index in [2.05, 4.69) is 12.6 Å². The topological polar surface area (TPSA) is 117 Å². The summed E-state index contributed by atoms with van der Waals surface area (Å²) in [4.78, 5) is 37.7. The molecule has 9 nitrogen and oxygen atoms in total. The molecule has 3 atom stereocenters. The number of hydrogen-bond donors (Lipinski definition) is 1. The third-order valence-corrected chi connectivity index (χ3v) is 5.79. The van der Waals surface area contributed by atoms with Crippen molar-refractivity contribution in [3.05, 3.63) is 39.9 Å². The van der Waals surface area contributed by atoms with Crippen molar-refractivity contribution in [3.8, 4) is 6.19 Å². The summed E-state index contributed by atoms with van der Waals surface area (Å²) in [6.07, 6.45) is 3.45. The molecule has 11 heteroatoms. The molecular formula is C17H20N4O5S2. The number of carbonyl (C=O) groups excluding carboxylic acids is 2. The maximum atomic E-state index is 12.6. The molecule has 2 rings (SSSR count). The van der Waals surface area contributed by atoms with Crippen LogP contribution in [0.5, 0.6) is 0 Å². The van der Waals surface area contributed by atoms with Gasteiger partial charge in [0.1, 0.15) is 11.9 Å². The largest absolute Gasteiger partial charge is 0.445 e. The third kappa shape index (κ3) is 5.08. The lowest BCUT2D eigenvalue weighted by molar-refractivity contribution is -0.384.